The largest absolute Gasteiger partial charge is 0.394 e. The molecule has 0 spiro atoms. The highest BCUT2D eigenvalue weighted by Gasteiger charge is 2.23. The van der Waals surface area contributed by atoms with Crippen LogP contribution in [0.15, 0.2) is 0 Å². The molecule has 5 nitrogen and oxygen atoms in total. The highest BCUT2D eigenvalue weighted by atomic mass is 32.1. The summed E-state index contributed by atoms with van der Waals surface area (Å²) in [5.74, 6) is 1.32. The van der Waals surface area contributed by atoms with Crippen molar-refractivity contribution in [1.82, 2.24) is 9.36 Å². The Labute approximate surface area is 99.7 Å². The van der Waals surface area contributed by atoms with Crippen molar-refractivity contribution in [2.45, 2.75) is 32.7 Å². The van der Waals surface area contributed by atoms with Crippen molar-refractivity contribution in [3.8, 4) is 0 Å². The zero-order chi connectivity index (χ0) is 12.2. The van der Waals surface area contributed by atoms with Crippen molar-refractivity contribution in [3.63, 3.8) is 0 Å². The summed E-state index contributed by atoms with van der Waals surface area (Å²) >= 11 is 1.25. The van der Waals surface area contributed by atoms with Gasteiger partial charge in [0.25, 0.3) is 0 Å². The fourth-order valence-electron chi connectivity index (χ4n) is 1.14. The number of rotatable bonds is 6. The summed E-state index contributed by atoms with van der Waals surface area (Å²) in [6.07, 6.45) is 0.840. The maximum atomic E-state index is 9.13. The summed E-state index contributed by atoms with van der Waals surface area (Å²) in [6, 6.07) is 0. The minimum absolute atomic E-state index is 0.150. The van der Waals surface area contributed by atoms with Crippen LogP contribution in [0.3, 0.4) is 0 Å². The molecular formula is C10H19N3O2S. The Kier molecular flexibility index (Phi) is 4.64. The quantitative estimate of drug-likeness (QED) is 0.694. The molecule has 92 valence electrons. The monoisotopic (exact) mass is 245 g/mol. The molecule has 1 heterocycles. The second kappa shape index (κ2) is 5.56. The maximum absolute atomic E-state index is 9.13. The van der Waals surface area contributed by atoms with Crippen LogP contribution in [-0.4, -0.2) is 38.3 Å². The zero-order valence-corrected chi connectivity index (χ0v) is 10.7. The van der Waals surface area contributed by atoms with Crippen LogP contribution >= 0.6 is 11.5 Å². The zero-order valence-electron chi connectivity index (χ0n) is 9.90. The molecule has 0 saturated heterocycles. The fourth-order valence-corrected chi connectivity index (χ4v) is 1.89. The van der Waals surface area contributed by atoms with Crippen LogP contribution < -0.4 is 5.32 Å². The van der Waals surface area contributed by atoms with Crippen molar-refractivity contribution in [3.05, 3.63) is 5.82 Å². The molecule has 0 fully saturated rings. The predicted molar refractivity (Wildman–Crippen MR) is 64.7 cm³/mol. The summed E-state index contributed by atoms with van der Waals surface area (Å²) in [5.41, 5.74) is -0.741. The number of nitrogens with one attached hydrogen (secondary N) is 1. The first kappa shape index (κ1) is 13.3. The van der Waals surface area contributed by atoms with Crippen molar-refractivity contribution in [2.24, 2.45) is 5.92 Å². The van der Waals surface area contributed by atoms with Crippen LogP contribution in [0.2, 0.25) is 0 Å². The number of hydrogen-bond donors (Lipinski definition) is 3. The molecule has 0 unspecified atom stereocenters. The first-order valence-electron chi connectivity index (χ1n) is 5.31. The highest BCUT2D eigenvalue weighted by Crippen LogP contribution is 2.18. The van der Waals surface area contributed by atoms with Gasteiger partial charge in [-0.25, -0.2) is 4.98 Å². The lowest BCUT2D eigenvalue weighted by Crippen LogP contribution is -2.42. The van der Waals surface area contributed by atoms with E-state index in [9.17, 15) is 0 Å². The molecule has 16 heavy (non-hydrogen) atoms. The van der Waals surface area contributed by atoms with Crippen LogP contribution in [0.25, 0.3) is 0 Å². The molecule has 6 heteroatoms. The van der Waals surface area contributed by atoms with E-state index in [0.29, 0.717) is 11.0 Å². The van der Waals surface area contributed by atoms with E-state index in [1.807, 2.05) is 0 Å². The smallest absolute Gasteiger partial charge is 0.203 e. The molecular weight excluding hydrogens is 226 g/mol. The van der Waals surface area contributed by atoms with Crippen LogP contribution in [0, 0.1) is 5.92 Å². The van der Waals surface area contributed by atoms with E-state index in [4.69, 9.17) is 10.2 Å². The molecule has 0 bridgehead atoms. The molecule has 1 aromatic heterocycles. The van der Waals surface area contributed by atoms with Gasteiger partial charge >= 0.3 is 0 Å². The average Bonchev–Trinajstić information content (AvgIpc) is 2.64. The van der Waals surface area contributed by atoms with Crippen LogP contribution in [0.1, 0.15) is 26.6 Å². The number of nitrogens with zero attached hydrogens (tertiary/aromatic N) is 2. The Morgan fingerprint density at radius 3 is 2.50 bits per heavy atom. The van der Waals surface area contributed by atoms with Crippen LogP contribution in [0.5, 0.6) is 0 Å². The molecule has 0 aliphatic heterocycles. The van der Waals surface area contributed by atoms with Gasteiger partial charge in [0.1, 0.15) is 5.82 Å². The normalized spacial score (nSPS) is 12.1. The minimum Gasteiger partial charge on any atom is -0.394 e. The fraction of sp³-hybridized carbons (Fsp3) is 0.800. The Morgan fingerprint density at radius 1 is 1.38 bits per heavy atom. The average molecular weight is 245 g/mol. The summed E-state index contributed by atoms with van der Waals surface area (Å²) < 4.78 is 4.21. The van der Waals surface area contributed by atoms with Gasteiger partial charge in [-0.2, -0.15) is 4.37 Å². The molecule has 0 saturated carbocycles. The molecule has 0 aliphatic carbocycles. The molecule has 0 aliphatic rings. The minimum atomic E-state index is -0.741. The molecule has 1 rings (SSSR count). The Bertz CT molecular complexity index is 324. The number of hydrogen-bond acceptors (Lipinski definition) is 6. The van der Waals surface area contributed by atoms with Crippen molar-refractivity contribution < 1.29 is 10.2 Å². The molecule has 0 amide bonds. The molecule has 0 aromatic carbocycles. The first-order valence-corrected chi connectivity index (χ1v) is 6.09. The van der Waals surface area contributed by atoms with Gasteiger partial charge in [-0.3, -0.25) is 0 Å². The van der Waals surface area contributed by atoms with Gasteiger partial charge in [0, 0.05) is 18.0 Å². The van der Waals surface area contributed by atoms with Gasteiger partial charge in [0.15, 0.2) is 0 Å². The first-order chi connectivity index (χ1) is 7.49. The van der Waals surface area contributed by atoms with Gasteiger partial charge in [0.05, 0.1) is 18.8 Å². The second-order valence-corrected chi connectivity index (χ2v) is 5.37. The Hall–Kier alpha value is -0.720. The molecule has 1 aromatic rings. The third-order valence-corrected chi connectivity index (χ3v) is 2.83. The van der Waals surface area contributed by atoms with Gasteiger partial charge in [-0.1, -0.05) is 13.8 Å². The topological polar surface area (TPSA) is 78.3 Å². The van der Waals surface area contributed by atoms with Gasteiger partial charge in [-0.05, 0) is 12.8 Å². The number of aromatic nitrogens is 2. The van der Waals surface area contributed by atoms with Gasteiger partial charge in [0.2, 0.25) is 5.13 Å². The highest BCUT2D eigenvalue weighted by molar-refractivity contribution is 7.09. The Balaban J connectivity index is 2.64. The van der Waals surface area contributed by atoms with Gasteiger partial charge < -0.3 is 15.5 Å². The number of aliphatic hydroxyl groups is 2. The van der Waals surface area contributed by atoms with E-state index in [1.165, 1.54) is 11.5 Å². The predicted octanol–water partition coefficient (Wildman–Crippen LogP) is 0.892. The third-order valence-electron chi connectivity index (χ3n) is 2.17. The molecule has 0 radical (unpaired) electrons. The summed E-state index contributed by atoms with van der Waals surface area (Å²) in [7, 11) is 0. The van der Waals surface area contributed by atoms with E-state index in [-0.39, 0.29) is 13.2 Å². The lowest BCUT2D eigenvalue weighted by Gasteiger charge is -2.25. The summed E-state index contributed by atoms with van der Waals surface area (Å²) in [6.45, 7) is 5.65. The van der Waals surface area contributed by atoms with E-state index < -0.39 is 5.54 Å². The Morgan fingerprint density at radius 2 is 2.00 bits per heavy atom. The van der Waals surface area contributed by atoms with Crippen molar-refractivity contribution in [1.29, 1.82) is 0 Å². The van der Waals surface area contributed by atoms with E-state index in [1.54, 1.807) is 6.92 Å². The number of aliphatic hydroxyl groups excluding tert-OH is 2. The lowest BCUT2D eigenvalue weighted by atomic mass is 10.1. The summed E-state index contributed by atoms with van der Waals surface area (Å²) in [4.78, 5) is 4.31. The van der Waals surface area contributed by atoms with Gasteiger partial charge in [-0.15, -0.1) is 0 Å². The summed E-state index contributed by atoms with van der Waals surface area (Å²) in [5, 5.41) is 21.9. The lowest BCUT2D eigenvalue weighted by molar-refractivity contribution is 0.147. The molecule has 3 N–H and O–H groups in total. The third kappa shape index (κ3) is 3.70. The van der Waals surface area contributed by atoms with Crippen LogP contribution in [-0.2, 0) is 6.42 Å². The van der Waals surface area contributed by atoms with E-state index in [2.05, 4.69) is 28.5 Å². The van der Waals surface area contributed by atoms with E-state index in [0.717, 1.165) is 12.2 Å². The van der Waals surface area contributed by atoms with Crippen LogP contribution in [0.4, 0.5) is 5.13 Å². The standard InChI is InChI=1S/C10H19N3O2S/c1-7(2)4-8-11-9(16-13-8)12-10(3,5-14)6-15/h7,14-15H,4-6H2,1-3H3,(H,11,12,13). The SMILES string of the molecule is CC(C)Cc1nsc(NC(C)(CO)CO)n1. The molecule has 0 atom stereocenters. The van der Waals surface area contributed by atoms with E-state index >= 15 is 0 Å². The second-order valence-electron chi connectivity index (χ2n) is 4.62. The van der Waals surface area contributed by atoms with Crippen molar-refractivity contribution >= 4 is 16.7 Å². The maximum Gasteiger partial charge on any atom is 0.203 e. The van der Waals surface area contributed by atoms with Crippen molar-refractivity contribution in [2.75, 3.05) is 18.5 Å². The number of anilines is 1.